The average molecular weight is 230 g/mol. The molecule has 0 fully saturated rings. The van der Waals surface area contributed by atoms with E-state index in [-0.39, 0.29) is 5.97 Å². The zero-order valence-corrected chi connectivity index (χ0v) is 9.67. The summed E-state index contributed by atoms with van der Waals surface area (Å²) in [5, 5.41) is 4.46. The minimum atomic E-state index is -0.290. The van der Waals surface area contributed by atoms with E-state index in [4.69, 9.17) is 4.74 Å². The highest BCUT2D eigenvalue weighted by Gasteiger charge is 2.18. The van der Waals surface area contributed by atoms with Gasteiger partial charge in [-0.25, -0.2) is 4.79 Å². The first-order valence-electron chi connectivity index (χ1n) is 5.72. The Balaban J connectivity index is 2.26. The summed E-state index contributed by atoms with van der Waals surface area (Å²) in [6, 6.07) is 5.76. The SMILES string of the molecule is COC(=O)c1cccc2c3c([nH]c12)CNCC3. The Morgan fingerprint density at radius 3 is 3.12 bits per heavy atom. The summed E-state index contributed by atoms with van der Waals surface area (Å²) >= 11 is 0. The number of ether oxygens (including phenoxy) is 1. The van der Waals surface area contributed by atoms with Gasteiger partial charge < -0.3 is 15.0 Å². The molecule has 1 aromatic carbocycles. The molecule has 88 valence electrons. The summed E-state index contributed by atoms with van der Waals surface area (Å²) in [6.45, 7) is 1.83. The van der Waals surface area contributed by atoms with E-state index in [9.17, 15) is 4.79 Å². The number of carbonyl (C=O) groups is 1. The van der Waals surface area contributed by atoms with Gasteiger partial charge in [-0.2, -0.15) is 0 Å². The quantitative estimate of drug-likeness (QED) is 0.732. The normalized spacial score (nSPS) is 14.6. The van der Waals surface area contributed by atoms with Gasteiger partial charge >= 0.3 is 5.97 Å². The van der Waals surface area contributed by atoms with Crippen LogP contribution in [-0.2, 0) is 17.7 Å². The zero-order chi connectivity index (χ0) is 11.8. The highest BCUT2D eigenvalue weighted by atomic mass is 16.5. The number of para-hydroxylation sites is 1. The van der Waals surface area contributed by atoms with Crippen LogP contribution in [0, 0.1) is 0 Å². The van der Waals surface area contributed by atoms with Gasteiger partial charge in [0.25, 0.3) is 0 Å². The van der Waals surface area contributed by atoms with Crippen LogP contribution in [0.1, 0.15) is 21.6 Å². The van der Waals surface area contributed by atoms with Crippen LogP contribution in [0.2, 0.25) is 0 Å². The third-order valence-corrected chi connectivity index (χ3v) is 3.29. The third-order valence-electron chi connectivity index (χ3n) is 3.29. The number of benzene rings is 1. The fourth-order valence-corrected chi connectivity index (χ4v) is 2.47. The first-order valence-corrected chi connectivity index (χ1v) is 5.72. The lowest BCUT2D eigenvalue weighted by molar-refractivity contribution is 0.0603. The van der Waals surface area contributed by atoms with Crippen molar-refractivity contribution < 1.29 is 9.53 Å². The highest BCUT2D eigenvalue weighted by molar-refractivity contribution is 6.04. The van der Waals surface area contributed by atoms with Gasteiger partial charge in [0.2, 0.25) is 0 Å². The Kier molecular flexibility index (Phi) is 2.37. The summed E-state index contributed by atoms with van der Waals surface area (Å²) in [5.74, 6) is -0.290. The van der Waals surface area contributed by atoms with Crippen LogP contribution < -0.4 is 5.32 Å². The largest absolute Gasteiger partial charge is 0.465 e. The van der Waals surface area contributed by atoms with Crippen molar-refractivity contribution in [3.8, 4) is 0 Å². The molecule has 2 heterocycles. The second-order valence-corrected chi connectivity index (χ2v) is 4.23. The first-order chi connectivity index (χ1) is 8.31. The molecule has 0 saturated carbocycles. The highest BCUT2D eigenvalue weighted by Crippen LogP contribution is 2.27. The maximum Gasteiger partial charge on any atom is 0.339 e. The smallest absolute Gasteiger partial charge is 0.339 e. The van der Waals surface area contributed by atoms with E-state index in [2.05, 4.69) is 16.4 Å². The summed E-state index contributed by atoms with van der Waals surface area (Å²) in [4.78, 5) is 15.0. The predicted octanol–water partition coefficient (Wildman–Crippen LogP) is 1.60. The van der Waals surface area contributed by atoms with Gasteiger partial charge in [0.1, 0.15) is 0 Å². The van der Waals surface area contributed by atoms with Gasteiger partial charge in [-0.05, 0) is 24.6 Å². The molecule has 0 unspecified atom stereocenters. The topological polar surface area (TPSA) is 54.1 Å². The molecule has 0 saturated heterocycles. The Bertz CT molecular complexity index is 586. The Morgan fingerprint density at radius 2 is 2.29 bits per heavy atom. The van der Waals surface area contributed by atoms with E-state index in [0.29, 0.717) is 5.56 Å². The number of H-pyrrole nitrogens is 1. The number of carbonyl (C=O) groups excluding carboxylic acids is 1. The van der Waals surface area contributed by atoms with Gasteiger partial charge in [-0.3, -0.25) is 0 Å². The lowest BCUT2D eigenvalue weighted by Gasteiger charge is -2.12. The molecule has 3 rings (SSSR count). The molecule has 0 radical (unpaired) electrons. The average Bonchev–Trinajstić information content (AvgIpc) is 2.76. The van der Waals surface area contributed by atoms with Crippen molar-refractivity contribution in [3.63, 3.8) is 0 Å². The van der Waals surface area contributed by atoms with E-state index < -0.39 is 0 Å². The molecule has 4 nitrogen and oxygen atoms in total. The molecule has 0 bridgehead atoms. The number of methoxy groups -OCH3 is 1. The number of rotatable bonds is 1. The minimum absolute atomic E-state index is 0.290. The summed E-state index contributed by atoms with van der Waals surface area (Å²) in [6.07, 6.45) is 1.000. The number of hydrogen-bond donors (Lipinski definition) is 2. The lowest BCUT2D eigenvalue weighted by Crippen LogP contribution is -2.22. The van der Waals surface area contributed by atoms with Crippen molar-refractivity contribution >= 4 is 16.9 Å². The molecule has 4 heteroatoms. The summed E-state index contributed by atoms with van der Waals surface area (Å²) in [5.41, 5.74) is 4.01. The molecule has 0 amide bonds. The number of hydrogen-bond acceptors (Lipinski definition) is 3. The number of aromatic amines is 1. The molecule has 17 heavy (non-hydrogen) atoms. The van der Waals surface area contributed by atoms with Crippen LogP contribution in [0.15, 0.2) is 18.2 Å². The molecule has 1 aliphatic heterocycles. The second-order valence-electron chi connectivity index (χ2n) is 4.23. The Morgan fingerprint density at radius 1 is 1.41 bits per heavy atom. The maximum absolute atomic E-state index is 11.7. The van der Waals surface area contributed by atoms with Gasteiger partial charge in [0.05, 0.1) is 18.2 Å². The summed E-state index contributed by atoms with van der Waals surface area (Å²) < 4.78 is 4.80. The van der Waals surface area contributed by atoms with Crippen LogP contribution in [0.25, 0.3) is 10.9 Å². The van der Waals surface area contributed by atoms with E-state index >= 15 is 0 Å². The van der Waals surface area contributed by atoms with Crippen LogP contribution in [0.3, 0.4) is 0 Å². The molecular weight excluding hydrogens is 216 g/mol. The zero-order valence-electron chi connectivity index (χ0n) is 9.67. The van der Waals surface area contributed by atoms with E-state index in [1.165, 1.54) is 18.4 Å². The first kappa shape index (κ1) is 10.4. The van der Waals surface area contributed by atoms with Crippen molar-refractivity contribution in [1.29, 1.82) is 0 Å². The van der Waals surface area contributed by atoms with Crippen molar-refractivity contribution in [2.75, 3.05) is 13.7 Å². The van der Waals surface area contributed by atoms with Crippen molar-refractivity contribution in [3.05, 3.63) is 35.0 Å². The molecule has 1 aliphatic rings. The molecule has 0 aliphatic carbocycles. The standard InChI is InChI=1S/C13H14N2O2/c1-17-13(16)10-4-2-3-9-8-5-6-14-7-11(8)15-12(9)10/h2-4,14-15H,5-7H2,1H3. The molecular formula is C13H14N2O2. The lowest BCUT2D eigenvalue weighted by atomic mass is 10.0. The van der Waals surface area contributed by atoms with Crippen LogP contribution in [0.4, 0.5) is 0 Å². The maximum atomic E-state index is 11.7. The Labute approximate surface area is 99.0 Å². The monoisotopic (exact) mass is 230 g/mol. The van der Waals surface area contributed by atoms with Gasteiger partial charge in [-0.15, -0.1) is 0 Å². The molecule has 0 spiro atoms. The van der Waals surface area contributed by atoms with Gasteiger partial charge in [0, 0.05) is 17.6 Å². The van der Waals surface area contributed by atoms with E-state index in [1.807, 2.05) is 6.07 Å². The number of aromatic nitrogens is 1. The second kappa shape index (κ2) is 3.89. The molecule has 1 aromatic heterocycles. The van der Waals surface area contributed by atoms with Gasteiger partial charge in [-0.1, -0.05) is 12.1 Å². The Hall–Kier alpha value is -1.81. The fraction of sp³-hybridized carbons (Fsp3) is 0.308. The third kappa shape index (κ3) is 1.52. The van der Waals surface area contributed by atoms with Crippen molar-refractivity contribution in [2.45, 2.75) is 13.0 Å². The fourth-order valence-electron chi connectivity index (χ4n) is 2.47. The molecule has 0 atom stereocenters. The molecule has 2 N–H and O–H groups in total. The number of nitrogens with one attached hydrogen (secondary N) is 2. The van der Waals surface area contributed by atoms with Gasteiger partial charge in [0.15, 0.2) is 0 Å². The summed E-state index contributed by atoms with van der Waals surface area (Å²) in [7, 11) is 1.41. The van der Waals surface area contributed by atoms with Crippen molar-refractivity contribution in [1.82, 2.24) is 10.3 Å². The molecule has 2 aromatic rings. The number of esters is 1. The van der Waals surface area contributed by atoms with E-state index in [0.717, 1.165) is 30.4 Å². The van der Waals surface area contributed by atoms with Crippen LogP contribution in [-0.4, -0.2) is 24.6 Å². The number of fused-ring (bicyclic) bond motifs is 3. The van der Waals surface area contributed by atoms with E-state index in [1.54, 1.807) is 6.07 Å². The van der Waals surface area contributed by atoms with Crippen molar-refractivity contribution in [2.24, 2.45) is 0 Å². The minimum Gasteiger partial charge on any atom is -0.465 e. The predicted molar refractivity (Wildman–Crippen MR) is 65.0 cm³/mol. The van der Waals surface area contributed by atoms with Crippen LogP contribution >= 0.6 is 0 Å². The van der Waals surface area contributed by atoms with Crippen LogP contribution in [0.5, 0.6) is 0 Å².